The Morgan fingerprint density at radius 1 is 1.23 bits per heavy atom. The smallest absolute Gasteiger partial charge is 0.383 e. The molecule has 0 saturated carbocycles. The Morgan fingerprint density at radius 3 is 2.77 bits per heavy atom. The van der Waals surface area contributed by atoms with Crippen LogP contribution in [0.15, 0.2) is 35.1 Å². The predicted molar refractivity (Wildman–Crippen MR) is 102 cm³/mol. The molecule has 160 valence electrons. The minimum atomic E-state index is -4.46. The van der Waals surface area contributed by atoms with Gasteiger partial charge in [0.15, 0.2) is 5.82 Å². The van der Waals surface area contributed by atoms with Crippen LogP contribution in [0.2, 0.25) is 0 Å². The van der Waals surface area contributed by atoms with Crippen molar-refractivity contribution in [1.82, 2.24) is 30.4 Å². The molecule has 0 spiro atoms. The number of alkyl halides is 3. The van der Waals surface area contributed by atoms with Gasteiger partial charge in [-0.05, 0) is 18.2 Å². The second kappa shape index (κ2) is 7.68. The molecule has 4 rings (SSSR count). The van der Waals surface area contributed by atoms with Gasteiger partial charge in [-0.3, -0.25) is 4.79 Å². The van der Waals surface area contributed by atoms with E-state index in [9.17, 15) is 18.0 Å². The molecular weight excluding hydrogens is 417 g/mol. The van der Waals surface area contributed by atoms with Crippen molar-refractivity contribution >= 4 is 22.8 Å². The number of amides is 1. The summed E-state index contributed by atoms with van der Waals surface area (Å²) in [5.74, 6) is -0.0104. The number of rotatable bonds is 5. The van der Waals surface area contributed by atoms with Crippen LogP contribution in [0.25, 0.3) is 22.6 Å². The van der Waals surface area contributed by atoms with Crippen LogP contribution in [0.1, 0.15) is 27.3 Å². The lowest BCUT2D eigenvalue weighted by Gasteiger charge is -2.08. The van der Waals surface area contributed by atoms with Crippen LogP contribution >= 0.6 is 0 Å². The van der Waals surface area contributed by atoms with Gasteiger partial charge in [0.25, 0.3) is 5.91 Å². The number of carbonyl (C=O) groups excluding carboxylic acids is 1. The molecule has 0 aliphatic heterocycles. The zero-order valence-corrected chi connectivity index (χ0v) is 15.7. The predicted octanol–water partition coefficient (Wildman–Crippen LogP) is 2.00. The number of nitrogens with one attached hydrogen (secondary N) is 2. The molecule has 13 heteroatoms. The molecule has 0 saturated heterocycles. The fourth-order valence-corrected chi connectivity index (χ4v) is 2.89. The van der Waals surface area contributed by atoms with Crippen molar-refractivity contribution in [2.24, 2.45) is 5.73 Å². The van der Waals surface area contributed by atoms with Crippen LogP contribution < -0.4 is 16.8 Å². The molecule has 6 N–H and O–H groups in total. The number of hydrogen-bond donors (Lipinski definition) is 4. The van der Waals surface area contributed by atoms with Gasteiger partial charge in [0.2, 0.25) is 5.76 Å². The maximum atomic E-state index is 12.9. The van der Waals surface area contributed by atoms with Gasteiger partial charge in [0.05, 0.1) is 23.1 Å². The maximum absolute atomic E-state index is 12.9. The number of H-pyrrole nitrogens is 1. The number of aromatic amines is 1. The van der Waals surface area contributed by atoms with Gasteiger partial charge in [-0.15, -0.1) is 0 Å². The Bertz CT molecular complexity index is 1260. The van der Waals surface area contributed by atoms with E-state index in [1.165, 1.54) is 12.1 Å². The number of carbonyl (C=O) groups is 1. The molecule has 0 fully saturated rings. The molecule has 4 aromatic rings. The Balaban J connectivity index is 1.50. The number of nitrogens with two attached hydrogens (primary N) is 2. The first-order valence-electron chi connectivity index (χ1n) is 8.87. The SMILES string of the molecule is NCc1c(N)ncnc1C(=O)NCc1cc(-c2nc3ccc(C(F)(F)F)cc3[nH]2)on1. The van der Waals surface area contributed by atoms with Crippen molar-refractivity contribution in [3.8, 4) is 11.6 Å². The van der Waals surface area contributed by atoms with Crippen LogP contribution in [-0.2, 0) is 19.3 Å². The van der Waals surface area contributed by atoms with Crippen LogP contribution in [0.3, 0.4) is 0 Å². The monoisotopic (exact) mass is 432 g/mol. The van der Waals surface area contributed by atoms with E-state index in [0.29, 0.717) is 16.8 Å². The average molecular weight is 432 g/mol. The van der Waals surface area contributed by atoms with E-state index >= 15 is 0 Å². The summed E-state index contributed by atoms with van der Waals surface area (Å²) in [6.45, 7) is -0.0135. The zero-order valence-electron chi connectivity index (χ0n) is 15.7. The van der Waals surface area contributed by atoms with Gasteiger partial charge in [-0.25, -0.2) is 15.0 Å². The third kappa shape index (κ3) is 4.02. The number of hydrogen-bond acceptors (Lipinski definition) is 8. The summed E-state index contributed by atoms with van der Waals surface area (Å²) in [6.07, 6.45) is -3.31. The molecule has 3 heterocycles. The second-order valence-electron chi connectivity index (χ2n) is 6.47. The molecule has 1 aromatic carbocycles. The highest BCUT2D eigenvalue weighted by Crippen LogP contribution is 2.31. The number of anilines is 1. The Hall–Kier alpha value is -4.00. The van der Waals surface area contributed by atoms with Crippen LogP contribution in [-0.4, -0.2) is 31.0 Å². The fourth-order valence-electron chi connectivity index (χ4n) is 2.89. The van der Waals surface area contributed by atoms with Crippen LogP contribution in [0.4, 0.5) is 19.0 Å². The first kappa shape index (κ1) is 20.3. The highest BCUT2D eigenvalue weighted by atomic mass is 19.4. The van der Waals surface area contributed by atoms with Gasteiger partial charge >= 0.3 is 6.18 Å². The highest BCUT2D eigenvalue weighted by Gasteiger charge is 2.30. The number of benzene rings is 1. The van der Waals surface area contributed by atoms with Gasteiger partial charge in [0, 0.05) is 18.2 Å². The van der Waals surface area contributed by atoms with E-state index in [1.54, 1.807) is 0 Å². The summed E-state index contributed by atoms with van der Waals surface area (Å²) in [7, 11) is 0. The summed E-state index contributed by atoms with van der Waals surface area (Å²) in [6, 6.07) is 4.68. The Kier molecular flexibility index (Phi) is 5.02. The normalized spacial score (nSPS) is 11.7. The molecule has 0 atom stereocenters. The number of aromatic nitrogens is 5. The minimum Gasteiger partial charge on any atom is -0.383 e. The maximum Gasteiger partial charge on any atom is 0.416 e. The summed E-state index contributed by atoms with van der Waals surface area (Å²) < 4.78 is 43.8. The zero-order chi connectivity index (χ0) is 22.2. The van der Waals surface area contributed by atoms with E-state index in [4.69, 9.17) is 16.0 Å². The van der Waals surface area contributed by atoms with E-state index in [2.05, 4.69) is 30.4 Å². The summed E-state index contributed by atoms with van der Waals surface area (Å²) in [5.41, 5.74) is 11.8. The minimum absolute atomic E-state index is 0.00526. The van der Waals surface area contributed by atoms with Gasteiger partial charge in [0.1, 0.15) is 23.5 Å². The van der Waals surface area contributed by atoms with Crippen molar-refractivity contribution in [2.75, 3.05) is 5.73 Å². The lowest BCUT2D eigenvalue weighted by atomic mass is 10.2. The van der Waals surface area contributed by atoms with Crippen molar-refractivity contribution in [2.45, 2.75) is 19.3 Å². The van der Waals surface area contributed by atoms with Gasteiger partial charge in [-0.2, -0.15) is 13.2 Å². The average Bonchev–Trinajstić information content (AvgIpc) is 3.37. The van der Waals surface area contributed by atoms with Crippen molar-refractivity contribution in [1.29, 1.82) is 0 Å². The molecule has 0 radical (unpaired) electrons. The number of fused-ring (bicyclic) bond motifs is 1. The molecule has 0 aliphatic rings. The third-order valence-corrected chi connectivity index (χ3v) is 4.43. The quantitative estimate of drug-likeness (QED) is 0.372. The number of imidazole rings is 1. The standard InChI is InChI=1S/C18H15F3N8O2/c19-18(20,21)8-1-2-11-12(3-8)28-16(27-11)13-4-9(29-31-13)6-24-17(30)14-10(5-22)15(23)26-7-25-14/h1-4,7H,5-6,22H2,(H,24,30)(H,27,28)(H2,23,25,26). The molecule has 1 amide bonds. The van der Waals surface area contributed by atoms with E-state index in [0.717, 1.165) is 18.5 Å². The molecule has 10 nitrogen and oxygen atoms in total. The number of nitrogen functional groups attached to an aromatic ring is 1. The molecule has 0 unspecified atom stereocenters. The fraction of sp³-hybridized carbons (Fsp3) is 0.167. The topological polar surface area (TPSA) is 162 Å². The number of nitrogens with zero attached hydrogens (tertiary/aromatic N) is 4. The van der Waals surface area contributed by atoms with E-state index in [1.807, 2.05) is 0 Å². The molecule has 3 aromatic heterocycles. The van der Waals surface area contributed by atoms with Crippen LogP contribution in [0.5, 0.6) is 0 Å². The molecule has 0 aliphatic carbocycles. The molecular formula is C18H15F3N8O2. The van der Waals surface area contributed by atoms with Crippen molar-refractivity contribution in [3.05, 3.63) is 53.1 Å². The lowest BCUT2D eigenvalue weighted by Crippen LogP contribution is -2.26. The molecule has 31 heavy (non-hydrogen) atoms. The largest absolute Gasteiger partial charge is 0.416 e. The summed E-state index contributed by atoms with van der Waals surface area (Å²) in [4.78, 5) is 27.0. The third-order valence-electron chi connectivity index (χ3n) is 4.43. The first-order valence-corrected chi connectivity index (χ1v) is 8.87. The molecule has 0 bridgehead atoms. The Labute approximate surface area is 171 Å². The summed E-state index contributed by atoms with van der Waals surface area (Å²) >= 11 is 0. The van der Waals surface area contributed by atoms with Crippen LogP contribution in [0, 0.1) is 0 Å². The Morgan fingerprint density at radius 2 is 2.03 bits per heavy atom. The van der Waals surface area contributed by atoms with E-state index < -0.39 is 17.6 Å². The van der Waals surface area contributed by atoms with E-state index in [-0.39, 0.29) is 41.7 Å². The second-order valence-corrected chi connectivity index (χ2v) is 6.47. The van der Waals surface area contributed by atoms with Crippen molar-refractivity contribution in [3.63, 3.8) is 0 Å². The van der Waals surface area contributed by atoms with Gasteiger partial charge in [-0.1, -0.05) is 5.16 Å². The van der Waals surface area contributed by atoms with Gasteiger partial charge < -0.3 is 26.3 Å². The first-order chi connectivity index (χ1) is 14.8. The number of halogens is 3. The summed E-state index contributed by atoms with van der Waals surface area (Å²) in [5, 5.41) is 6.45. The van der Waals surface area contributed by atoms with Crippen molar-refractivity contribution < 1.29 is 22.5 Å². The lowest BCUT2D eigenvalue weighted by molar-refractivity contribution is -0.137. The highest BCUT2D eigenvalue weighted by molar-refractivity contribution is 5.94.